The molecule has 18 heavy (non-hydrogen) atoms. The lowest BCUT2D eigenvalue weighted by atomic mass is 9.99. The molecule has 2 rings (SSSR count). The average Bonchev–Trinajstić information content (AvgIpc) is 2.82. The molecule has 102 valence electrons. The maximum absolute atomic E-state index is 3.62. The molecule has 2 unspecified atom stereocenters. The zero-order chi connectivity index (χ0) is 13.0. The molecule has 1 saturated heterocycles. The number of nitrogens with one attached hydrogen (secondary N) is 1. The van der Waals surface area contributed by atoms with Gasteiger partial charge in [-0.1, -0.05) is 19.9 Å². The fourth-order valence-corrected chi connectivity index (χ4v) is 3.49. The highest BCUT2D eigenvalue weighted by atomic mass is 32.1. The Bertz CT molecular complexity index is 334. The first-order chi connectivity index (χ1) is 8.65. The summed E-state index contributed by atoms with van der Waals surface area (Å²) in [6.45, 7) is 10.5. The van der Waals surface area contributed by atoms with Gasteiger partial charge in [0.2, 0.25) is 0 Å². The minimum absolute atomic E-state index is 0.636. The van der Waals surface area contributed by atoms with E-state index in [1.165, 1.54) is 30.8 Å². The first-order valence-electron chi connectivity index (χ1n) is 7.15. The summed E-state index contributed by atoms with van der Waals surface area (Å²) in [6, 6.07) is 5.78. The second kappa shape index (κ2) is 6.69. The fourth-order valence-electron chi connectivity index (χ4n) is 2.79. The van der Waals surface area contributed by atoms with Crippen LogP contribution in [0.2, 0.25) is 0 Å². The van der Waals surface area contributed by atoms with Crippen molar-refractivity contribution in [2.45, 2.75) is 45.7 Å². The highest BCUT2D eigenvalue weighted by molar-refractivity contribution is 7.09. The van der Waals surface area contributed by atoms with E-state index in [-0.39, 0.29) is 0 Å². The van der Waals surface area contributed by atoms with Crippen molar-refractivity contribution in [1.82, 2.24) is 10.2 Å². The van der Waals surface area contributed by atoms with Crippen LogP contribution in [0.15, 0.2) is 17.5 Å². The Morgan fingerprint density at radius 1 is 1.50 bits per heavy atom. The third-order valence-corrected chi connectivity index (χ3v) is 4.63. The first kappa shape index (κ1) is 14.0. The molecule has 0 saturated carbocycles. The van der Waals surface area contributed by atoms with Crippen LogP contribution < -0.4 is 5.32 Å². The maximum Gasteiger partial charge on any atom is 0.0223 e. The summed E-state index contributed by atoms with van der Waals surface area (Å²) in [5.41, 5.74) is 0. The van der Waals surface area contributed by atoms with E-state index in [0.717, 1.165) is 18.5 Å². The van der Waals surface area contributed by atoms with Crippen molar-refractivity contribution in [2.24, 2.45) is 5.92 Å². The van der Waals surface area contributed by atoms with E-state index in [2.05, 4.69) is 48.5 Å². The van der Waals surface area contributed by atoms with Crippen LogP contribution in [-0.4, -0.2) is 36.6 Å². The van der Waals surface area contributed by atoms with Crippen LogP contribution in [0, 0.1) is 5.92 Å². The predicted molar refractivity (Wildman–Crippen MR) is 80.3 cm³/mol. The number of piperazine rings is 1. The van der Waals surface area contributed by atoms with Crippen LogP contribution in [0.1, 0.15) is 32.1 Å². The molecule has 1 aromatic heterocycles. The summed E-state index contributed by atoms with van der Waals surface area (Å²) >= 11 is 1.89. The molecule has 2 atom stereocenters. The number of thiophene rings is 1. The monoisotopic (exact) mass is 266 g/mol. The smallest absolute Gasteiger partial charge is 0.0223 e. The van der Waals surface area contributed by atoms with Crippen LogP contribution in [0.3, 0.4) is 0 Å². The normalized spacial score (nSPS) is 25.8. The van der Waals surface area contributed by atoms with E-state index in [1.54, 1.807) is 0 Å². The van der Waals surface area contributed by atoms with Gasteiger partial charge in [0.1, 0.15) is 0 Å². The van der Waals surface area contributed by atoms with Crippen molar-refractivity contribution >= 4 is 11.3 Å². The quantitative estimate of drug-likeness (QED) is 0.881. The number of nitrogens with zero attached hydrogens (tertiary/aromatic N) is 1. The third kappa shape index (κ3) is 4.08. The van der Waals surface area contributed by atoms with Crippen molar-refractivity contribution < 1.29 is 0 Å². The van der Waals surface area contributed by atoms with Crippen molar-refractivity contribution in [1.29, 1.82) is 0 Å². The molecule has 0 bridgehead atoms. The molecule has 1 aliphatic rings. The van der Waals surface area contributed by atoms with Gasteiger partial charge >= 0.3 is 0 Å². The molecule has 2 nitrogen and oxygen atoms in total. The van der Waals surface area contributed by atoms with E-state index < -0.39 is 0 Å². The van der Waals surface area contributed by atoms with Gasteiger partial charge in [0.25, 0.3) is 0 Å². The lowest BCUT2D eigenvalue weighted by molar-refractivity contribution is 0.120. The van der Waals surface area contributed by atoms with Gasteiger partial charge in [0.15, 0.2) is 0 Å². The number of hydrogen-bond acceptors (Lipinski definition) is 3. The van der Waals surface area contributed by atoms with E-state index in [4.69, 9.17) is 0 Å². The molecule has 0 radical (unpaired) electrons. The van der Waals surface area contributed by atoms with Gasteiger partial charge in [-0.25, -0.2) is 0 Å². The molecule has 0 amide bonds. The van der Waals surface area contributed by atoms with Crippen LogP contribution in [0.25, 0.3) is 0 Å². The largest absolute Gasteiger partial charge is 0.311 e. The molecular formula is C15H26N2S. The standard InChI is InChI=1S/C15H26N2S/c1-12(2)9-14-10-16-13(3)11-17(14)7-6-15-5-4-8-18-15/h4-5,8,12-14,16H,6-7,9-11H2,1-3H3. The lowest BCUT2D eigenvalue weighted by Gasteiger charge is -2.40. The SMILES string of the molecule is CC(C)CC1CNC(C)CN1CCc1cccs1. The molecular weight excluding hydrogens is 240 g/mol. The number of hydrogen-bond donors (Lipinski definition) is 1. The Balaban J connectivity index is 1.88. The maximum atomic E-state index is 3.62. The Kier molecular flexibility index (Phi) is 5.22. The van der Waals surface area contributed by atoms with E-state index >= 15 is 0 Å². The zero-order valence-electron chi connectivity index (χ0n) is 11.9. The molecule has 0 aromatic carbocycles. The molecule has 1 N–H and O–H groups in total. The van der Waals surface area contributed by atoms with Crippen molar-refractivity contribution in [3.63, 3.8) is 0 Å². The van der Waals surface area contributed by atoms with Crippen molar-refractivity contribution in [3.8, 4) is 0 Å². The van der Waals surface area contributed by atoms with E-state index in [9.17, 15) is 0 Å². The molecule has 1 aromatic rings. The molecule has 0 spiro atoms. The second-order valence-electron chi connectivity index (χ2n) is 5.92. The molecule has 1 fully saturated rings. The minimum Gasteiger partial charge on any atom is -0.311 e. The van der Waals surface area contributed by atoms with E-state index in [1.807, 2.05) is 11.3 Å². The molecule has 1 aliphatic heterocycles. The Labute approximate surface area is 115 Å². The highest BCUT2D eigenvalue weighted by Crippen LogP contribution is 2.17. The topological polar surface area (TPSA) is 15.3 Å². The van der Waals surface area contributed by atoms with Gasteiger partial charge in [0.05, 0.1) is 0 Å². The van der Waals surface area contributed by atoms with Crippen LogP contribution in [0.5, 0.6) is 0 Å². The van der Waals surface area contributed by atoms with Crippen LogP contribution in [0.4, 0.5) is 0 Å². The molecule has 2 heterocycles. The van der Waals surface area contributed by atoms with E-state index in [0.29, 0.717) is 6.04 Å². The fraction of sp³-hybridized carbons (Fsp3) is 0.733. The minimum atomic E-state index is 0.636. The lowest BCUT2D eigenvalue weighted by Crippen LogP contribution is -2.56. The molecule has 0 aliphatic carbocycles. The summed E-state index contributed by atoms with van der Waals surface area (Å²) in [7, 11) is 0. The van der Waals surface area contributed by atoms with Gasteiger partial charge in [0, 0.05) is 36.6 Å². The van der Waals surface area contributed by atoms with Crippen LogP contribution in [-0.2, 0) is 6.42 Å². The van der Waals surface area contributed by atoms with Gasteiger partial charge < -0.3 is 5.32 Å². The van der Waals surface area contributed by atoms with Crippen molar-refractivity contribution in [2.75, 3.05) is 19.6 Å². The Hall–Kier alpha value is -0.380. The number of rotatable bonds is 5. The van der Waals surface area contributed by atoms with Gasteiger partial charge in [-0.3, -0.25) is 4.90 Å². The highest BCUT2D eigenvalue weighted by Gasteiger charge is 2.25. The Morgan fingerprint density at radius 3 is 3.00 bits per heavy atom. The Morgan fingerprint density at radius 2 is 2.33 bits per heavy atom. The van der Waals surface area contributed by atoms with Gasteiger partial charge in [-0.05, 0) is 37.1 Å². The summed E-state index contributed by atoms with van der Waals surface area (Å²) in [5, 5.41) is 5.80. The summed E-state index contributed by atoms with van der Waals surface area (Å²) in [5.74, 6) is 0.787. The van der Waals surface area contributed by atoms with Crippen LogP contribution >= 0.6 is 11.3 Å². The zero-order valence-corrected chi connectivity index (χ0v) is 12.7. The summed E-state index contributed by atoms with van der Waals surface area (Å²) < 4.78 is 0. The summed E-state index contributed by atoms with van der Waals surface area (Å²) in [4.78, 5) is 4.21. The van der Waals surface area contributed by atoms with Crippen molar-refractivity contribution in [3.05, 3.63) is 22.4 Å². The average molecular weight is 266 g/mol. The third-order valence-electron chi connectivity index (χ3n) is 3.70. The first-order valence-corrected chi connectivity index (χ1v) is 8.03. The molecule has 3 heteroatoms. The van der Waals surface area contributed by atoms with Gasteiger partial charge in [-0.2, -0.15) is 0 Å². The van der Waals surface area contributed by atoms with Gasteiger partial charge in [-0.15, -0.1) is 11.3 Å². The second-order valence-corrected chi connectivity index (χ2v) is 6.95. The predicted octanol–water partition coefficient (Wildman–Crippen LogP) is 3.00. The summed E-state index contributed by atoms with van der Waals surface area (Å²) in [6.07, 6.45) is 2.52.